The topological polar surface area (TPSA) is 66.5 Å². The van der Waals surface area contributed by atoms with Gasteiger partial charge in [-0.3, -0.25) is 14.5 Å². The third-order valence-corrected chi connectivity index (χ3v) is 4.08. The summed E-state index contributed by atoms with van der Waals surface area (Å²) in [4.78, 5) is 37.9. The van der Waals surface area contributed by atoms with Crippen LogP contribution in [0, 0.1) is 5.82 Å². The summed E-state index contributed by atoms with van der Waals surface area (Å²) in [5.41, 5.74) is -1.06. The lowest BCUT2D eigenvalue weighted by molar-refractivity contribution is -0.130. The standard InChI is InChI=1S/C18H15FN2O3/c1-18(13-9-5-6-10-14(13)19)16(23)21(17(24)20-18)11-15(22)12-7-3-2-4-8-12/h2-10H,11H2,1H3,(H,20,24)/t18-/m0/s1. The summed E-state index contributed by atoms with van der Waals surface area (Å²) in [5.74, 6) is -1.61. The van der Waals surface area contributed by atoms with E-state index in [0.717, 1.165) is 4.90 Å². The first-order valence-electron chi connectivity index (χ1n) is 7.41. The van der Waals surface area contributed by atoms with Crippen molar-refractivity contribution in [3.05, 3.63) is 71.5 Å². The lowest BCUT2D eigenvalue weighted by atomic mass is 9.91. The van der Waals surface area contributed by atoms with Crippen molar-refractivity contribution in [2.45, 2.75) is 12.5 Å². The van der Waals surface area contributed by atoms with E-state index in [1.165, 1.54) is 25.1 Å². The quantitative estimate of drug-likeness (QED) is 0.693. The predicted molar refractivity (Wildman–Crippen MR) is 84.8 cm³/mol. The van der Waals surface area contributed by atoms with Gasteiger partial charge in [0.05, 0.1) is 6.54 Å². The molecule has 0 unspecified atom stereocenters. The summed E-state index contributed by atoms with van der Waals surface area (Å²) < 4.78 is 14.1. The molecule has 1 atom stereocenters. The van der Waals surface area contributed by atoms with Crippen molar-refractivity contribution in [2.75, 3.05) is 6.54 Å². The number of ketones is 1. The van der Waals surface area contributed by atoms with Gasteiger partial charge in [-0.2, -0.15) is 0 Å². The number of benzene rings is 2. The maximum Gasteiger partial charge on any atom is 0.325 e. The number of hydrogen-bond donors (Lipinski definition) is 1. The van der Waals surface area contributed by atoms with Gasteiger partial charge in [0, 0.05) is 11.1 Å². The largest absolute Gasteiger partial charge is 0.325 e. The summed E-state index contributed by atoms with van der Waals surface area (Å²) in [6.07, 6.45) is 0. The number of carbonyl (C=O) groups is 3. The Morgan fingerprint density at radius 2 is 1.71 bits per heavy atom. The van der Waals surface area contributed by atoms with Crippen molar-refractivity contribution in [1.29, 1.82) is 0 Å². The number of amides is 3. The highest BCUT2D eigenvalue weighted by atomic mass is 19.1. The Morgan fingerprint density at radius 1 is 1.08 bits per heavy atom. The molecule has 122 valence electrons. The zero-order valence-corrected chi connectivity index (χ0v) is 13.0. The van der Waals surface area contributed by atoms with Crippen molar-refractivity contribution in [3.63, 3.8) is 0 Å². The number of nitrogens with one attached hydrogen (secondary N) is 1. The van der Waals surface area contributed by atoms with Crippen LogP contribution in [0.15, 0.2) is 54.6 Å². The maximum absolute atomic E-state index is 14.1. The molecule has 1 N–H and O–H groups in total. The van der Waals surface area contributed by atoms with Gasteiger partial charge in [0.2, 0.25) is 0 Å². The molecule has 3 amide bonds. The van der Waals surface area contributed by atoms with Crippen LogP contribution in [0.3, 0.4) is 0 Å². The molecule has 0 saturated carbocycles. The third kappa shape index (κ3) is 2.56. The summed E-state index contributed by atoms with van der Waals surface area (Å²) in [5, 5.41) is 2.49. The zero-order valence-electron chi connectivity index (χ0n) is 13.0. The van der Waals surface area contributed by atoms with Gasteiger partial charge in [0.25, 0.3) is 5.91 Å². The first-order chi connectivity index (χ1) is 11.4. The Balaban J connectivity index is 1.87. The molecule has 24 heavy (non-hydrogen) atoms. The van der Waals surface area contributed by atoms with Crippen molar-refractivity contribution >= 4 is 17.7 Å². The van der Waals surface area contributed by atoms with E-state index >= 15 is 0 Å². The molecule has 2 aromatic carbocycles. The second kappa shape index (κ2) is 5.88. The van der Waals surface area contributed by atoms with E-state index < -0.39 is 29.8 Å². The lowest BCUT2D eigenvalue weighted by Gasteiger charge is -2.22. The smallest absolute Gasteiger partial charge is 0.319 e. The monoisotopic (exact) mass is 326 g/mol. The van der Waals surface area contributed by atoms with Crippen molar-refractivity contribution in [1.82, 2.24) is 10.2 Å². The van der Waals surface area contributed by atoms with Crippen LogP contribution in [0.1, 0.15) is 22.8 Å². The molecule has 1 aliphatic rings. The molecule has 6 heteroatoms. The minimum Gasteiger partial charge on any atom is -0.319 e. The Labute approximate surface area is 138 Å². The maximum atomic E-state index is 14.1. The van der Waals surface area contributed by atoms with Crippen LogP contribution >= 0.6 is 0 Å². The highest BCUT2D eigenvalue weighted by Crippen LogP contribution is 2.30. The number of hydrogen-bond acceptors (Lipinski definition) is 3. The summed E-state index contributed by atoms with van der Waals surface area (Å²) in [6, 6.07) is 13.4. The van der Waals surface area contributed by atoms with Crippen LogP contribution in [0.2, 0.25) is 0 Å². The molecule has 1 saturated heterocycles. The summed E-state index contributed by atoms with van der Waals surface area (Å²) in [6.45, 7) is 1.04. The molecule has 0 bridgehead atoms. The Kier molecular flexibility index (Phi) is 3.89. The fourth-order valence-electron chi connectivity index (χ4n) is 2.75. The molecule has 0 aliphatic carbocycles. The summed E-state index contributed by atoms with van der Waals surface area (Å²) in [7, 11) is 0. The van der Waals surface area contributed by atoms with Gasteiger partial charge in [-0.15, -0.1) is 0 Å². The normalized spacial score (nSPS) is 20.2. The second-order valence-corrected chi connectivity index (χ2v) is 5.72. The van der Waals surface area contributed by atoms with Gasteiger partial charge >= 0.3 is 6.03 Å². The zero-order chi connectivity index (χ0) is 17.3. The van der Waals surface area contributed by atoms with E-state index in [1.807, 2.05) is 0 Å². The van der Waals surface area contributed by atoms with Crippen LogP contribution in [0.4, 0.5) is 9.18 Å². The fraction of sp³-hybridized carbons (Fsp3) is 0.167. The van der Waals surface area contributed by atoms with Crippen LogP contribution in [-0.2, 0) is 10.3 Å². The predicted octanol–water partition coefficient (Wildman–Crippen LogP) is 2.48. The highest BCUT2D eigenvalue weighted by molar-refractivity contribution is 6.11. The average molecular weight is 326 g/mol. The van der Waals surface area contributed by atoms with E-state index in [4.69, 9.17) is 0 Å². The molecule has 1 fully saturated rings. The number of halogens is 1. The minimum absolute atomic E-state index is 0.0676. The van der Waals surface area contributed by atoms with Crippen LogP contribution in [0.25, 0.3) is 0 Å². The first-order valence-corrected chi connectivity index (χ1v) is 7.41. The summed E-state index contributed by atoms with van der Waals surface area (Å²) >= 11 is 0. The molecular weight excluding hydrogens is 311 g/mol. The molecule has 1 aliphatic heterocycles. The molecule has 0 spiro atoms. The first kappa shape index (κ1) is 15.9. The number of Topliss-reactive ketones (excluding diaryl/α,β-unsaturated/α-hetero) is 1. The Hall–Kier alpha value is -3.02. The number of urea groups is 1. The van der Waals surface area contributed by atoms with Crippen LogP contribution in [-0.4, -0.2) is 29.2 Å². The number of imide groups is 1. The average Bonchev–Trinajstić information content (AvgIpc) is 2.80. The van der Waals surface area contributed by atoms with E-state index in [-0.39, 0.29) is 11.3 Å². The van der Waals surface area contributed by atoms with Gasteiger partial charge < -0.3 is 5.32 Å². The second-order valence-electron chi connectivity index (χ2n) is 5.72. The van der Waals surface area contributed by atoms with Crippen molar-refractivity contribution < 1.29 is 18.8 Å². The van der Waals surface area contributed by atoms with Gasteiger partial charge in [0.1, 0.15) is 11.4 Å². The Morgan fingerprint density at radius 3 is 2.38 bits per heavy atom. The molecule has 2 aromatic rings. The van der Waals surface area contributed by atoms with E-state index in [0.29, 0.717) is 5.56 Å². The van der Waals surface area contributed by atoms with Gasteiger partial charge in [0.15, 0.2) is 5.78 Å². The molecule has 3 rings (SSSR count). The van der Waals surface area contributed by atoms with E-state index in [1.54, 1.807) is 36.4 Å². The fourth-order valence-corrected chi connectivity index (χ4v) is 2.75. The highest BCUT2D eigenvalue weighted by Gasteiger charge is 2.50. The van der Waals surface area contributed by atoms with E-state index in [9.17, 15) is 18.8 Å². The number of rotatable bonds is 4. The molecule has 0 radical (unpaired) electrons. The van der Waals surface area contributed by atoms with Gasteiger partial charge in [-0.05, 0) is 13.0 Å². The third-order valence-electron chi connectivity index (χ3n) is 4.08. The van der Waals surface area contributed by atoms with Gasteiger partial charge in [-0.25, -0.2) is 9.18 Å². The Bertz CT molecular complexity index is 822. The molecule has 0 aromatic heterocycles. The number of carbonyl (C=O) groups excluding carboxylic acids is 3. The van der Waals surface area contributed by atoms with Gasteiger partial charge in [-0.1, -0.05) is 48.5 Å². The van der Waals surface area contributed by atoms with Crippen molar-refractivity contribution in [3.8, 4) is 0 Å². The lowest BCUT2D eigenvalue weighted by Crippen LogP contribution is -2.42. The minimum atomic E-state index is -1.53. The van der Waals surface area contributed by atoms with Crippen LogP contribution < -0.4 is 5.32 Å². The SMILES string of the molecule is C[C@@]1(c2ccccc2F)NC(=O)N(CC(=O)c2ccccc2)C1=O. The van der Waals surface area contributed by atoms with Crippen LogP contribution in [0.5, 0.6) is 0 Å². The number of nitrogens with zero attached hydrogens (tertiary/aromatic N) is 1. The van der Waals surface area contributed by atoms with Crippen molar-refractivity contribution in [2.24, 2.45) is 0 Å². The molecule has 5 nitrogen and oxygen atoms in total. The molecule has 1 heterocycles. The molecular formula is C18H15FN2O3. The van der Waals surface area contributed by atoms with E-state index in [2.05, 4.69) is 5.32 Å².